The molecular formula is C30H29BrClN3O6. The van der Waals surface area contributed by atoms with E-state index in [0.29, 0.717) is 27.3 Å². The minimum atomic E-state index is -0.838. The maximum atomic E-state index is 12.5. The lowest BCUT2D eigenvalue weighted by Crippen LogP contribution is -2.26. The molecule has 0 saturated heterocycles. The fourth-order valence-corrected chi connectivity index (χ4v) is 4.93. The van der Waals surface area contributed by atoms with E-state index in [1.54, 1.807) is 38.1 Å². The summed E-state index contributed by atoms with van der Waals surface area (Å²) >= 11 is 9.72. The number of carbonyl (C=O) groups is 2. The zero-order valence-electron chi connectivity index (χ0n) is 22.9. The Hall–Kier alpha value is -4.02. The van der Waals surface area contributed by atoms with E-state index >= 15 is 0 Å². The standard InChI is InChI=1S/C30H29BrClN3O6/c1-5-38-30(37)20(4)40-28-25(31)14-21(15-26(28)32)16-33-34-29(36)27-13-12-24(41-27)17-39-23-10-8-22(9-11-23)35-18(2)6-7-19(35)3/h6-16,20H,5,17H2,1-4H3,(H,34,36)/b33-16+/t20-/m0/s1. The van der Waals surface area contributed by atoms with Gasteiger partial charge in [0.15, 0.2) is 17.6 Å². The first-order valence-corrected chi connectivity index (χ1v) is 14.0. The Morgan fingerprint density at radius 2 is 1.80 bits per heavy atom. The molecule has 4 aromatic rings. The molecule has 0 aliphatic rings. The first-order chi connectivity index (χ1) is 19.7. The average Bonchev–Trinajstić information content (AvgIpc) is 3.56. The summed E-state index contributed by atoms with van der Waals surface area (Å²) in [5.41, 5.74) is 6.37. The number of hydrogen-bond acceptors (Lipinski definition) is 7. The van der Waals surface area contributed by atoms with Crippen molar-refractivity contribution in [2.45, 2.75) is 40.4 Å². The molecule has 1 N–H and O–H groups in total. The van der Waals surface area contributed by atoms with Crippen molar-refractivity contribution in [1.82, 2.24) is 9.99 Å². The van der Waals surface area contributed by atoms with E-state index in [0.717, 1.165) is 17.1 Å². The van der Waals surface area contributed by atoms with E-state index in [4.69, 9.17) is 30.2 Å². The highest BCUT2D eigenvalue weighted by Gasteiger charge is 2.19. The quantitative estimate of drug-likeness (QED) is 0.110. The van der Waals surface area contributed by atoms with Crippen molar-refractivity contribution in [2.24, 2.45) is 5.10 Å². The lowest BCUT2D eigenvalue weighted by atomic mass is 10.2. The average molecular weight is 643 g/mol. The molecule has 0 spiro atoms. The molecule has 11 heteroatoms. The second kappa shape index (κ2) is 13.6. The van der Waals surface area contributed by atoms with E-state index in [2.05, 4.69) is 57.0 Å². The molecule has 2 aromatic carbocycles. The zero-order chi connectivity index (χ0) is 29.5. The zero-order valence-corrected chi connectivity index (χ0v) is 25.3. The fourth-order valence-electron chi connectivity index (χ4n) is 3.97. The Morgan fingerprint density at radius 3 is 2.46 bits per heavy atom. The predicted molar refractivity (Wildman–Crippen MR) is 159 cm³/mol. The molecule has 0 aliphatic carbocycles. The van der Waals surface area contributed by atoms with Gasteiger partial charge < -0.3 is 23.2 Å². The van der Waals surface area contributed by atoms with Crippen molar-refractivity contribution in [3.8, 4) is 17.2 Å². The van der Waals surface area contributed by atoms with E-state index < -0.39 is 18.0 Å². The molecule has 0 unspecified atom stereocenters. The molecule has 0 fully saturated rings. The summed E-state index contributed by atoms with van der Waals surface area (Å²) in [5, 5.41) is 4.23. The Balaban J connectivity index is 1.30. The maximum absolute atomic E-state index is 12.5. The van der Waals surface area contributed by atoms with E-state index in [1.165, 1.54) is 6.21 Å². The first kappa shape index (κ1) is 30.0. The number of amides is 1. The predicted octanol–water partition coefficient (Wildman–Crippen LogP) is 6.78. The smallest absolute Gasteiger partial charge is 0.347 e. The first-order valence-electron chi connectivity index (χ1n) is 12.8. The number of esters is 1. The molecule has 2 heterocycles. The van der Waals surface area contributed by atoms with E-state index in [-0.39, 0.29) is 24.0 Å². The van der Waals surface area contributed by atoms with Gasteiger partial charge in [0.2, 0.25) is 0 Å². The number of benzene rings is 2. The normalized spacial score (nSPS) is 11.9. The largest absolute Gasteiger partial charge is 0.486 e. The van der Waals surface area contributed by atoms with Crippen LogP contribution in [0.5, 0.6) is 11.5 Å². The van der Waals surface area contributed by atoms with E-state index in [1.807, 2.05) is 24.3 Å². The molecule has 4 rings (SSSR count). The number of nitrogens with one attached hydrogen (secondary N) is 1. The number of nitrogens with zero attached hydrogens (tertiary/aromatic N) is 2. The van der Waals surface area contributed by atoms with Crippen molar-refractivity contribution < 1.29 is 28.2 Å². The van der Waals surface area contributed by atoms with Crippen LogP contribution < -0.4 is 14.9 Å². The van der Waals surface area contributed by atoms with Crippen molar-refractivity contribution >= 4 is 45.6 Å². The van der Waals surface area contributed by atoms with Crippen LogP contribution in [-0.4, -0.2) is 35.4 Å². The van der Waals surface area contributed by atoms with Crippen molar-refractivity contribution in [1.29, 1.82) is 0 Å². The summed E-state index contributed by atoms with van der Waals surface area (Å²) in [7, 11) is 0. The molecule has 0 bridgehead atoms. The monoisotopic (exact) mass is 641 g/mol. The number of furan rings is 1. The van der Waals surface area contributed by atoms with Gasteiger partial charge >= 0.3 is 11.9 Å². The second-order valence-electron chi connectivity index (χ2n) is 9.02. The van der Waals surface area contributed by atoms with Crippen LogP contribution in [0.2, 0.25) is 5.02 Å². The minimum Gasteiger partial charge on any atom is -0.486 e. The van der Waals surface area contributed by atoms with Crippen LogP contribution in [0.25, 0.3) is 5.69 Å². The molecule has 41 heavy (non-hydrogen) atoms. The molecular weight excluding hydrogens is 614 g/mol. The van der Waals surface area contributed by atoms with Gasteiger partial charge in [-0.05, 0) is 110 Å². The molecule has 214 valence electrons. The summed E-state index contributed by atoms with van der Waals surface area (Å²) in [6.07, 6.45) is 0.580. The molecule has 0 aliphatic heterocycles. The van der Waals surface area contributed by atoms with Crippen molar-refractivity contribution in [3.05, 3.63) is 98.6 Å². The molecule has 0 radical (unpaired) electrons. The highest BCUT2D eigenvalue weighted by molar-refractivity contribution is 9.10. The third kappa shape index (κ3) is 7.59. The van der Waals surface area contributed by atoms with E-state index in [9.17, 15) is 9.59 Å². The van der Waals surface area contributed by atoms with Crippen LogP contribution in [-0.2, 0) is 16.1 Å². The molecule has 1 atom stereocenters. The van der Waals surface area contributed by atoms with Gasteiger partial charge in [-0.15, -0.1) is 0 Å². The third-order valence-corrected chi connectivity index (χ3v) is 6.82. The lowest BCUT2D eigenvalue weighted by molar-refractivity contribution is -0.150. The number of carbonyl (C=O) groups excluding carboxylic acids is 2. The van der Waals surface area contributed by atoms with Gasteiger partial charge in [0, 0.05) is 17.1 Å². The number of halogens is 2. The number of ether oxygens (including phenoxy) is 3. The summed E-state index contributed by atoms with van der Waals surface area (Å²) < 4.78 is 24.7. The van der Waals surface area contributed by atoms with Crippen molar-refractivity contribution in [2.75, 3.05) is 6.61 Å². The van der Waals surface area contributed by atoms with Gasteiger partial charge in [0.05, 0.1) is 22.3 Å². The summed E-state index contributed by atoms with van der Waals surface area (Å²) in [4.78, 5) is 24.3. The van der Waals surface area contributed by atoms with Crippen LogP contribution in [0.15, 0.2) is 74.7 Å². The highest BCUT2D eigenvalue weighted by atomic mass is 79.9. The Bertz CT molecular complexity index is 1520. The van der Waals surface area contributed by atoms with Gasteiger partial charge in [0.25, 0.3) is 0 Å². The highest BCUT2D eigenvalue weighted by Crippen LogP contribution is 2.35. The molecule has 2 aromatic heterocycles. The van der Waals surface area contributed by atoms with Gasteiger partial charge in [-0.25, -0.2) is 10.2 Å². The molecule has 9 nitrogen and oxygen atoms in total. The molecule has 0 saturated carbocycles. The molecule has 1 amide bonds. The second-order valence-corrected chi connectivity index (χ2v) is 10.3. The topological polar surface area (TPSA) is 104 Å². The number of aryl methyl sites for hydroxylation is 2. The number of rotatable bonds is 11. The maximum Gasteiger partial charge on any atom is 0.347 e. The summed E-state index contributed by atoms with van der Waals surface area (Å²) in [6.45, 7) is 7.82. The van der Waals surface area contributed by atoms with Crippen LogP contribution in [0, 0.1) is 13.8 Å². The summed E-state index contributed by atoms with van der Waals surface area (Å²) in [6, 6.07) is 18.4. The number of aromatic nitrogens is 1. The Morgan fingerprint density at radius 1 is 1.10 bits per heavy atom. The Kier molecular flexibility index (Phi) is 9.91. The Labute approximate surface area is 251 Å². The minimum absolute atomic E-state index is 0.0885. The van der Waals surface area contributed by atoms with Crippen molar-refractivity contribution in [3.63, 3.8) is 0 Å². The summed E-state index contributed by atoms with van der Waals surface area (Å²) in [5.74, 6) is 0.529. The van der Waals surface area contributed by atoms with Gasteiger partial charge in [0.1, 0.15) is 18.1 Å². The van der Waals surface area contributed by atoms with Crippen LogP contribution >= 0.6 is 27.5 Å². The van der Waals surface area contributed by atoms with Gasteiger partial charge in [-0.2, -0.15) is 5.10 Å². The number of hydrazone groups is 1. The van der Waals surface area contributed by atoms with Crippen LogP contribution in [0.3, 0.4) is 0 Å². The number of hydrogen-bond donors (Lipinski definition) is 1. The van der Waals surface area contributed by atoms with Gasteiger partial charge in [-0.3, -0.25) is 4.79 Å². The van der Waals surface area contributed by atoms with Crippen LogP contribution in [0.1, 0.15) is 47.1 Å². The SMILES string of the molecule is CCOC(=O)[C@H](C)Oc1c(Cl)cc(/C=N/NC(=O)c2ccc(COc3ccc(-n4c(C)ccc4C)cc3)o2)cc1Br. The lowest BCUT2D eigenvalue weighted by Gasteiger charge is -2.16. The van der Waals surface area contributed by atoms with Crippen LogP contribution in [0.4, 0.5) is 0 Å². The van der Waals surface area contributed by atoms with Gasteiger partial charge in [-0.1, -0.05) is 11.6 Å². The fraction of sp³-hybridized carbons (Fsp3) is 0.233. The third-order valence-electron chi connectivity index (χ3n) is 5.95.